The van der Waals surface area contributed by atoms with Crippen LogP contribution in [0.15, 0.2) is 104 Å². The van der Waals surface area contributed by atoms with Crippen molar-refractivity contribution in [3.63, 3.8) is 0 Å². The molecule has 0 bridgehead atoms. The van der Waals surface area contributed by atoms with Crippen molar-refractivity contribution in [3.05, 3.63) is 109 Å². The van der Waals surface area contributed by atoms with Crippen LogP contribution in [0.25, 0.3) is 28.2 Å². The van der Waals surface area contributed by atoms with Crippen LogP contribution in [0, 0.1) is 0 Å². The zero-order valence-corrected chi connectivity index (χ0v) is 28.3. The van der Waals surface area contributed by atoms with Crippen LogP contribution < -0.4 is 15.7 Å². The van der Waals surface area contributed by atoms with Crippen LogP contribution in [0.3, 0.4) is 0 Å². The highest BCUT2D eigenvalue weighted by Gasteiger charge is 2.50. The third kappa shape index (κ3) is 5.86. The summed E-state index contributed by atoms with van der Waals surface area (Å²) in [6, 6.07) is 29.5. The molecule has 0 saturated heterocycles. The fourth-order valence-corrected chi connectivity index (χ4v) is 11.0. The van der Waals surface area contributed by atoms with Crippen molar-refractivity contribution in [1.29, 1.82) is 0 Å². The highest BCUT2D eigenvalue weighted by atomic mass is 35.5. The Balaban J connectivity index is 1.21. The number of anilines is 1. The van der Waals surface area contributed by atoms with Crippen LogP contribution in [0.2, 0.25) is 10.1 Å². The minimum atomic E-state index is -2.68. The normalized spacial score (nSPS) is 14.5. The Kier molecular flexibility index (Phi) is 8.00. The Hall–Kier alpha value is -4.31. The molecule has 1 atom stereocenters. The number of fused-ring (bicyclic) bond motifs is 1. The molecular weight excluding hydrogens is 610 g/mol. The lowest BCUT2D eigenvalue weighted by atomic mass is 10.1. The molecule has 3 heterocycles. The molecule has 6 aromatic rings. The third-order valence-electron chi connectivity index (χ3n) is 8.60. The first-order valence-electron chi connectivity index (χ1n) is 15.8. The molecule has 1 saturated carbocycles. The molecule has 1 aliphatic carbocycles. The first-order chi connectivity index (χ1) is 22.2. The second kappa shape index (κ2) is 12.1. The Morgan fingerprint density at radius 3 is 2.15 bits per heavy atom. The lowest BCUT2D eigenvalue weighted by Crippen LogP contribution is -2.67. The molecule has 1 fully saturated rings. The van der Waals surface area contributed by atoms with Gasteiger partial charge in [0.15, 0.2) is 5.65 Å². The van der Waals surface area contributed by atoms with E-state index >= 15 is 0 Å². The van der Waals surface area contributed by atoms with E-state index < -0.39 is 8.32 Å². The lowest BCUT2D eigenvalue weighted by molar-refractivity contribution is 0.285. The van der Waals surface area contributed by atoms with Gasteiger partial charge in [-0.1, -0.05) is 105 Å². The number of aromatic nitrogens is 6. The minimum absolute atomic E-state index is 0.0659. The zero-order valence-electron chi connectivity index (χ0n) is 26.6. The summed E-state index contributed by atoms with van der Waals surface area (Å²) >= 11 is 6.18. The number of hydrogen-bond acceptors (Lipinski definition) is 6. The van der Waals surface area contributed by atoms with Crippen LogP contribution in [0.5, 0.6) is 0 Å². The molecule has 8 nitrogen and oxygen atoms in total. The van der Waals surface area contributed by atoms with Gasteiger partial charge < -0.3 is 9.74 Å². The molecule has 3 aromatic carbocycles. The van der Waals surface area contributed by atoms with E-state index in [0.717, 1.165) is 35.4 Å². The number of nitrogens with one attached hydrogen (secondary N) is 1. The maximum Gasteiger partial charge on any atom is 0.261 e. The van der Waals surface area contributed by atoms with Gasteiger partial charge in [-0.25, -0.2) is 9.50 Å². The maximum absolute atomic E-state index is 7.16. The average Bonchev–Trinajstić information content (AvgIpc) is 3.64. The molecule has 46 heavy (non-hydrogen) atoms. The van der Waals surface area contributed by atoms with Gasteiger partial charge in [0.05, 0.1) is 30.7 Å². The fraction of sp³-hybridized carbons (Fsp3) is 0.278. The molecule has 3 aromatic heterocycles. The Bertz CT molecular complexity index is 1910. The fourth-order valence-electron chi connectivity index (χ4n) is 6.18. The highest BCUT2D eigenvalue weighted by Crippen LogP contribution is 2.37. The first-order valence-corrected chi connectivity index (χ1v) is 18.1. The van der Waals surface area contributed by atoms with Gasteiger partial charge in [-0.3, -0.25) is 4.68 Å². The summed E-state index contributed by atoms with van der Waals surface area (Å²) in [5.41, 5.74) is 4.03. The summed E-state index contributed by atoms with van der Waals surface area (Å²) in [6.45, 7) is 9.47. The number of benzene rings is 3. The van der Waals surface area contributed by atoms with Crippen LogP contribution in [-0.2, 0) is 4.43 Å². The predicted octanol–water partition coefficient (Wildman–Crippen LogP) is 7.02. The van der Waals surface area contributed by atoms with Gasteiger partial charge in [-0.05, 0) is 47.3 Å². The molecule has 10 heteroatoms. The predicted molar refractivity (Wildman–Crippen MR) is 187 cm³/mol. The van der Waals surface area contributed by atoms with E-state index in [1.165, 1.54) is 10.4 Å². The van der Waals surface area contributed by atoms with Crippen molar-refractivity contribution < 1.29 is 4.43 Å². The molecule has 234 valence electrons. The van der Waals surface area contributed by atoms with Crippen LogP contribution in [-0.4, -0.2) is 50.3 Å². The van der Waals surface area contributed by atoms with E-state index in [0.29, 0.717) is 29.3 Å². The number of hydrogen-bond donors (Lipinski definition) is 1. The molecule has 7 rings (SSSR count). The summed E-state index contributed by atoms with van der Waals surface area (Å²) in [5, 5.41) is 16.1. The number of rotatable bonds is 10. The van der Waals surface area contributed by atoms with Crippen molar-refractivity contribution >= 4 is 41.9 Å². The monoisotopic (exact) mass is 647 g/mol. The topological polar surface area (TPSA) is 82.2 Å². The quantitative estimate of drug-likeness (QED) is 0.161. The Morgan fingerprint density at radius 1 is 0.891 bits per heavy atom. The van der Waals surface area contributed by atoms with E-state index in [9.17, 15) is 0 Å². The van der Waals surface area contributed by atoms with Gasteiger partial charge in [-0.2, -0.15) is 10.1 Å². The first kappa shape index (κ1) is 30.3. The Labute approximate surface area is 275 Å². The summed E-state index contributed by atoms with van der Waals surface area (Å²) < 4.78 is 11.0. The van der Waals surface area contributed by atoms with E-state index in [-0.39, 0.29) is 11.1 Å². The second-order valence-corrected chi connectivity index (χ2v) is 17.9. The molecule has 0 unspecified atom stereocenters. The van der Waals surface area contributed by atoms with Gasteiger partial charge >= 0.3 is 0 Å². The molecule has 0 aliphatic heterocycles. The molecule has 0 radical (unpaired) electrons. The van der Waals surface area contributed by atoms with Gasteiger partial charge in [0.1, 0.15) is 5.69 Å². The molecule has 0 amide bonds. The third-order valence-corrected chi connectivity index (χ3v) is 13.9. The van der Waals surface area contributed by atoms with E-state index in [2.05, 4.69) is 105 Å². The largest absolute Gasteiger partial charge is 0.405 e. The summed E-state index contributed by atoms with van der Waals surface area (Å²) in [6.07, 6.45) is 8.15. The number of nitrogens with zero attached hydrogens (tertiary/aromatic N) is 6. The van der Waals surface area contributed by atoms with Crippen molar-refractivity contribution in [1.82, 2.24) is 29.4 Å². The van der Waals surface area contributed by atoms with Crippen molar-refractivity contribution in [3.8, 4) is 22.5 Å². The van der Waals surface area contributed by atoms with Gasteiger partial charge in [-0.15, -0.1) is 5.10 Å². The van der Waals surface area contributed by atoms with Crippen LogP contribution in [0.1, 0.15) is 46.6 Å². The van der Waals surface area contributed by atoms with Crippen molar-refractivity contribution in [2.24, 2.45) is 0 Å². The van der Waals surface area contributed by atoms with Gasteiger partial charge in [0, 0.05) is 28.4 Å². The van der Waals surface area contributed by atoms with E-state index in [1.807, 2.05) is 41.3 Å². The molecular formula is C36H38ClN7OSi. The Morgan fingerprint density at radius 2 is 1.54 bits per heavy atom. The van der Waals surface area contributed by atoms with Gasteiger partial charge in [0.25, 0.3) is 8.32 Å². The summed E-state index contributed by atoms with van der Waals surface area (Å²) in [4.78, 5) is 9.99. The van der Waals surface area contributed by atoms with Crippen LogP contribution >= 0.6 is 11.6 Å². The molecule has 0 spiro atoms. The van der Waals surface area contributed by atoms with Gasteiger partial charge in [0.2, 0.25) is 5.95 Å². The van der Waals surface area contributed by atoms with E-state index in [1.54, 1.807) is 4.52 Å². The summed E-state index contributed by atoms with van der Waals surface area (Å²) in [7, 11) is -2.68. The van der Waals surface area contributed by atoms with Crippen LogP contribution in [0.4, 0.5) is 5.95 Å². The standard InChI is InChI=1S/C36H38ClN7OSi/c1-25(24-45-46(36(2,3)4,30-11-7-5-8-12-30)31-13-9-6-10-14-31)39-35-41-34-33(27-21-38-43(22-27)29-19-20-29)40-32(23-44(34)42-35)26-15-17-28(37)18-16-26/h5-18,21-23,25,29H,19-20,24H2,1-4H3,(H,39,42)/t25-/m0/s1. The summed E-state index contributed by atoms with van der Waals surface area (Å²) in [5.74, 6) is 0.518. The smallest absolute Gasteiger partial charge is 0.261 e. The number of halogens is 1. The lowest BCUT2D eigenvalue weighted by Gasteiger charge is -2.43. The average molecular weight is 648 g/mol. The zero-order chi connectivity index (χ0) is 31.9. The maximum atomic E-state index is 7.16. The molecule has 1 aliphatic rings. The SMILES string of the molecule is C[C@@H](CO[Si](c1ccccc1)(c1ccccc1)C(C)(C)C)Nc1nc2c(-c3cnn(C4CC4)c3)nc(-c3ccc(Cl)cc3)cn2n1. The minimum Gasteiger partial charge on any atom is -0.405 e. The van der Waals surface area contributed by atoms with E-state index in [4.69, 9.17) is 31.1 Å². The molecule has 1 N–H and O–H groups in total. The second-order valence-electron chi connectivity index (χ2n) is 13.1. The van der Waals surface area contributed by atoms with Crippen molar-refractivity contribution in [2.75, 3.05) is 11.9 Å². The van der Waals surface area contributed by atoms with Crippen molar-refractivity contribution in [2.45, 2.75) is 57.7 Å². The highest BCUT2D eigenvalue weighted by molar-refractivity contribution is 6.99.